The predicted octanol–water partition coefficient (Wildman–Crippen LogP) is 3.65. The molecule has 9 heteroatoms. The van der Waals surface area contributed by atoms with Gasteiger partial charge in [0.1, 0.15) is 0 Å². The highest BCUT2D eigenvalue weighted by Crippen LogP contribution is 2.27. The maximum atomic E-state index is 13.1. The summed E-state index contributed by atoms with van der Waals surface area (Å²) in [5, 5.41) is 5.75. The van der Waals surface area contributed by atoms with Crippen LogP contribution in [0.15, 0.2) is 47.4 Å². The summed E-state index contributed by atoms with van der Waals surface area (Å²) in [4.78, 5) is 24.8. The van der Waals surface area contributed by atoms with E-state index in [0.29, 0.717) is 30.1 Å². The number of anilines is 1. The molecule has 2 N–H and O–H groups in total. The van der Waals surface area contributed by atoms with Crippen molar-refractivity contribution in [1.82, 2.24) is 9.62 Å². The Morgan fingerprint density at radius 2 is 1.69 bits per heavy atom. The first kappa shape index (κ1) is 24.2. The highest BCUT2D eigenvalue weighted by Gasteiger charge is 2.33. The molecular formula is C23H28ClN3O4S. The van der Waals surface area contributed by atoms with Crippen molar-refractivity contribution in [3.63, 3.8) is 0 Å². The number of carbonyl (C=O) groups excluding carboxylic acids is 2. The van der Waals surface area contributed by atoms with E-state index in [2.05, 4.69) is 10.6 Å². The number of para-hydroxylation sites is 1. The Morgan fingerprint density at radius 1 is 1.03 bits per heavy atom. The maximum Gasteiger partial charge on any atom is 0.313 e. The van der Waals surface area contributed by atoms with Crippen LogP contribution < -0.4 is 10.6 Å². The third kappa shape index (κ3) is 5.68. The van der Waals surface area contributed by atoms with Crippen LogP contribution in [0.2, 0.25) is 5.02 Å². The number of nitrogens with zero attached hydrogens (tertiary/aromatic N) is 1. The summed E-state index contributed by atoms with van der Waals surface area (Å²) in [6.07, 6.45) is 2.83. The zero-order chi connectivity index (χ0) is 23.3. The minimum Gasteiger partial charge on any atom is -0.348 e. The number of amides is 2. The molecule has 0 aromatic heterocycles. The van der Waals surface area contributed by atoms with Crippen LogP contribution in [0.5, 0.6) is 0 Å². The number of piperidine rings is 1. The van der Waals surface area contributed by atoms with E-state index in [1.165, 1.54) is 16.4 Å². The minimum absolute atomic E-state index is 0.200. The first-order valence-corrected chi connectivity index (χ1v) is 12.4. The molecule has 2 aromatic carbocycles. The number of aryl methyl sites for hydroxylation is 2. The minimum atomic E-state index is -3.66. The Labute approximate surface area is 194 Å². The topological polar surface area (TPSA) is 95.6 Å². The van der Waals surface area contributed by atoms with Gasteiger partial charge in [-0.1, -0.05) is 36.2 Å². The van der Waals surface area contributed by atoms with Gasteiger partial charge in [-0.05, 0) is 68.5 Å². The average Bonchev–Trinajstić information content (AvgIpc) is 2.76. The van der Waals surface area contributed by atoms with Gasteiger partial charge in [0.2, 0.25) is 10.0 Å². The van der Waals surface area contributed by atoms with Crippen molar-refractivity contribution in [3.05, 3.63) is 58.6 Å². The molecule has 0 unspecified atom stereocenters. The number of halogens is 1. The van der Waals surface area contributed by atoms with Gasteiger partial charge in [0.05, 0.1) is 4.90 Å². The van der Waals surface area contributed by atoms with Crippen LogP contribution in [0.4, 0.5) is 5.69 Å². The van der Waals surface area contributed by atoms with Crippen LogP contribution >= 0.6 is 11.6 Å². The summed E-state index contributed by atoms with van der Waals surface area (Å²) in [6, 6.07) is 11.5. The molecule has 1 heterocycles. The number of hydrogen-bond acceptors (Lipinski definition) is 4. The van der Waals surface area contributed by atoms with Crippen molar-refractivity contribution in [2.24, 2.45) is 0 Å². The third-order valence-electron chi connectivity index (χ3n) is 5.68. The van der Waals surface area contributed by atoms with E-state index in [1.54, 1.807) is 12.1 Å². The van der Waals surface area contributed by atoms with Gasteiger partial charge < -0.3 is 10.6 Å². The van der Waals surface area contributed by atoms with Gasteiger partial charge in [0, 0.05) is 29.8 Å². The van der Waals surface area contributed by atoms with Gasteiger partial charge in [-0.25, -0.2) is 8.42 Å². The van der Waals surface area contributed by atoms with Gasteiger partial charge in [-0.2, -0.15) is 4.31 Å². The van der Waals surface area contributed by atoms with E-state index >= 15 is 0 Å². The number of benzene rings is 2. The molecular weight excluding hydrogens is 450 g/mol. The summed E-state index contributed by atoms with van der Waals surface area (Å²) >= 11 is 5.89. The van der Waals surface area contributed by atoms with Crippen molar-refractivity contribution >= 4 is 39.1 Å². The summed E-state index contributed by atoms with van der Waals surface area (Å²) in [5.41, 5.74) is 2.37. The summed E-state index contributed by atoms with van der Waals surface area (Å²) in [5.74, 6) is -1.48. The third-order valence-corrected chi connectivity index (χ3v) is 7.90. The Morgan fingerprint density at radius 3 is 2.34 bits per heavy atom. The fourth-order valence-electron chi connectivity index (χ4n) is 3.94. The van der Waals surface area contributed by atoms with Crippen LogP contribution in [-0.2, 0) is 19.6 Å². The molecule has 2 amide bonds. The summed E-state index contributed by atoms with van der Waals surface area (Å²) in [6.45, 7) is 4.35. The van der Waals surface area contributed by atoms with E-state index in [4.69, 9.17) is 11.6 Å². The van der Waals surface area contributed by atoms with Crippen LogP contribution in [0.25, 0.3) is 0 Å². The lowest BCUT2D eigenvalue weighted by Gasteiger charge is -2.34. The number of carbonyl (C=O) groups is 2. The highest BCUT2D eigenvalue weighted by molar-refractivity contribution is 7.89. The number of nitrogens with one attached hydrogen (secondary N) is 2. The van der Waals surface area contributed by atoms with E-state index < -0.39 is 21.8 Å². The second-order valence-electron chi connectivity index (χ2n) is 7.98. The molecule has 172 valence electrons. The quantitative estimate of drug-likeness (QED) is 0.621. The van der Waals surface area contributed by atoms with Gasteiger partial charge in [-0.15, -0.1) is 0 Å². The first-order valence-electron chi connectivity index (χ1n) is 10.6. The van der Waals surface area contributed by atoms with Crippen molar-refractivity contribution < 1.29 is 18.0 Å². The monoisotopic (exact) mass is 477 g/mol. The van der Waals surface area contributed by atoms with Crippen LogP contribution in [0.3, 0.4) is 0 Å². The molecule has 0 aliphatic carbocycles. The van der Waals surface area contributed by atoms with Crippen LogP contribution in [0.1, 0.15) is 36.8 Å². The average molecular weight is 478 g/mol. The summed E-state index contributed by atoms with van der Waals surface area (Å²) < 4.78 is 27.7. The van der Waals surface area contributed by atoms with E-state index in [0.717, 1.165) is 24.0 Å². The molecule has 1 aliphatic rings. The van der Waals surface area contributed by atoms with Gasteiger partial charge in [0.25, 0.3) is 0 Å². The normalized spacial score (nSPS) is 17.0. The van der Waals surface area contributed by atoms with Crippen LogP contribution in [0, 0.1) is 13.8 Å². The predicted molar refractivity (Wildman–Crippen MR) is 125 cm³/mol. The Balaban J connectivity index is 1.59. The maximum absolute atomic E-state index is 13.1. The van der Waals surface area contributed by atoms with Crippen molar-refractivity contribution in [2.75, 3.05) is 18.4 Å². The number of rotatable bonds is 6. The number of hydrogen-bond donors (Lipinski definition) is 2. The first-order chi connectivity index (χ1) is 15.2. The Kier molecular flexibility index (Phi) is 7.92. The molecule has 1 aliphatic heterocycles. The van der Waals surface area contributed by atoms with Crippen LogP contribution in [-0.4, -0.2) is 43.7 Å². The SMILES string of the molecule is Cc1cccc(C)c1NC(=O)C(=O)NCC[C@@H]1CCCCN1S(=O)(=O)c1ccc(Cl)cc1. The number of sulfonamides is 1. The summed E-state index contributed by atoms with van der Waals surface area (Å²) in [7, 11) is -3.66. The fourth-order valence-corrected chi connectivity index (χ4v) is 5.78. The van der Waals surface area contributed by atoms with E-state index in [9.17, 15) is 18.0 Å². The van der Waals surface area contributed by atoms with E-state index in [1.807, 2.05) is 32.0 Å². The van der Waals surface area contributed by atoms with Gasteiger partial charge >= 0.3 is 11.8 Å². The largest absolute Gasteiger partial charge is 0.348 e. The Bertz CT molecular complexity index is 1070. The van der Waals surface area contributed by atoms with Gasteiger partial charge in [0.15, 0.2) is 0 Å². The fraction of sp³-hybridized carbons (Fsp3) is 0.391. The second-order valence-corrected chi connectivity index (χ2v) is 10.3. The smallest absolute Gasteiger partial charge is 0.313 e. The zero-order valence-corrected chi connectivity index (χ0v) is 19.8. The molecule has 0 spiro atoms. The standard InChI is InChI=1S/C23H28ClN3O4S/c1-16-6-5-7-17(2)21(16)26-23(29)22(28)25-14-13-19-8-3-4-15-27(19)32(30,31)20-11-9-18(24)10-12-20/h5-7,9-12,19H,3-4,8,13-15H2,1-2H3,(H,25,28)(H,26,29)/t19-/m0/s1. The van der Waals surface area contributed by atoms with Gasteiger partial charge in [-0.3, -0.25) is 9.59 Å². The molecule has 2 aromatic rings. The molecule has 32 heavy (non-hydrogen) atoms. The zero-order valence-electron chi connectivity index (χ0n) is 18.2. The molecule has 0 radical (unpaired) electrons. The lowest BCUT2D eigenvalue weighted by molar-refractivity contribution is -0.136. The second kappa shape index (κ2) is 10.5. The molecule has 1 saturated heterocycles. The molecule has 3 rings (SSSR count). The van der Waals surface area contributed by atoms with Crippen molar-refractivity contribution in [1.29, 1.82) is 0 Å². The van der Waals surface area contributed by atoms with Crippen molar-refractivity contribution in [3.8, 4) is 0 Å². The van der Waals surface area contributed by atoms with E-state index in [-0.39, 0.29) is 17.5 Å². The molecule has 0 bridgehead atoms. The Hall–Kier alpha value is -2.42. The van der Waals surface area contributed by atoms with Crippen molar-refractivity contribution in [2.45, 2.75) is 50.5 Å². The highest BCUT2D eigenvalue weighted by atomic mass is 35.5. The molecule has 0 saturated carbocycles. The molecule has 7 nitrogen and oxygen atoms in total. The molecule has 1 atom stereocenters. The lowest BCUT2D eigenvalue weighted by Crippen LogP contribution is -2.45. The molecule has 1 fully saturated rings. The lowest BCUT2D eigenvalue weighted by atomic mass is 10.0.